The highest BCUT2D eigenvalue weighted by Gasteiger charge is 2.19. The molecule has 1 fully saturated rings. The molecule has 0 aromatic heterocycles. The molecule has 1 aliphatic heterocycles. The van der Waals surface area contributed by atoms with Crippen LogP contribution in [0.15, 0.2) is 77.7 Å². The molecule has 172 valence electrons. The number of carbonyl (C=O) groups excluding carboxylic acids is 1. The SMILES string of the molecule is O=C(Nc1ccccc1CN1CCOCC1)c1cccc(S(=O)(=O)Nc2ccccc2F)c1. The first kappa shape index (κ1) is 22.9. The zero-order valence-corrected chi connectivity index (χ0v) is 18.6. The highest BCUT2D eigenvalue weighted by Crippen LogP contribution is 2.22. The monoisotopic (exact) mass is 469 g/mol. The van der Waals surface area contributed by atoms with Gasteiger partial charge in [-0.25, -0.2) is 12.8 Å². The van der Waals surface area contributed by atoms with Crippen molar-refractivity contribution in [1.29, 1.82) is 0 Å². The molecule has 2 N–H and O–H groups in total. The van der Waals surface area contributed by atoms with Crippen LogP contribution in [0, 0.1) is 5.82 Å². The number of nitrogens with one attached hydrogen (secondary N) is 2. The summed E-state index contributed by atoms with van der Waals surface area (Å²) in [6.07, 6.45) is 0. The second kappa shape index (κ2) is 10.1. The lowest BCUT2D eigenvalue weighted by Crippen LogP contribution is -2.35. The molecule has 1 heterocycles. The van der Waals surface area contributed by atoms with Crippen LogP contribution in [0.1, 0.15) is 15.9 Å². The van der Waals surface area contributed by atoms with Crippen LogP contribution in [0.25, 0.3) is 0 Å². The van der Waals surface area contributed by atoms with Crippen LogP contribution in [0.3, 0.4) is 0 Å². The Bertz CT molecular complexity index is 1240. The first-order valence-corrected chi connectivity index (χ1v) is 12.0. The molecule has 0 atom stereocenters. The minimum atomic E-state index is -4.08. The minimum absolute atomic E-state index is 0.139. The quantitative estimate of drug-likeness (QED) is 0.551. The predicted molar refractivity (Wildman–Crippen MR) is 124 cm³/mol. The van der Waals surface area contributed by atoms with Gasteiger partial charge in [0.25, 0.3) is 15.9 Å². The average Bonchev–Trinajstić information content (AvgIpc) is 2.82. The summed E-state index contributed by atoms with van der Waals surface area (Å²) in [5, 5.41) is 2.88. The summed E-state index contributed by atoms with van der Waals surface area (Å²) >= 11 is 0. The maximum Gasteiger partial charge on any atom is 0.262 e. The Morgan fingerprint density at radius 3 is 2.39 bits per heavy atom. The highest BCUT2D eigenvalue weighted by molar-refractivity contribution is 7.92. The summed E-state index contributed by atoms with van der Waals surface area (Å²) in [4.78, 5) is 15.0. The van der Waals surface area contributed by atoms with Crippen molar-refractivity contribution in [2.24, 2.45) is 0 Å². The number of anilines is 2. The number of halogens is 1. The van der Waals surface area contributed by atoms with Crippen LogP contribution in [0.2, 0.25) is 0 Å². The van der Waals surface area contributed by atoms with E-state index in [0.29, 0.717) is 25.4 Å². The summed E-state index contributed by atoms with van der Waals surface area (Å²) < 4.78 is 47.0. The summed E-state index contributed by atoms with van der Waals surface area (Å²) in [6.45, 7) is 3.66. The van der Waals surface area contributed by atoms with E-state index in [9.17, 15) is 17.6 Å². The number of para-hydroxylation sites is 2. The van der Waals surface area contributed by atoms with Gasteiger partial charge in [-0.3, -0.25) is 14.4 Å². The summed E-state index contributed by atoms with van der Waals surface area (Å²) in [5.41, 5.74) is 1.63. The largest absolute Gasteiger partial charge is 0.379 e. The summed E-state index contributed by atoms with van der Waals surface area (Å²) in [5.74, 6) is -1.13. The normalized spacial score (nSPS) is 14.6. The van der Waals surface area contributed by atoms with Crippen LogP contribution in [0.4, 0.5) is 15.8 Å². The standard InChI is InChI=1S/C24H24FN3O4S/c25-21-9-2-4-11-23(21)27-33(30,31)20-8-5-7-18(16-20)24(29)26-22-10-3-1-6-19(22)17-28-12-14-32-15-13-28/h1-11,16,27H,12-15,17H2,(H,26,29). The third-order valence-electron chi connectivity index (χ3n) is 5.29. The number of carbonyl (C=O) groups is 1. The third kappa shape index (κ3) is 5.75. The first-order valence-electron chi connectivity index (χ1n) is 10.5. The maximum atomic E-state index is 13.9. The topological polar surface area (TPSA) is 87.7 Å². The zero-order chi connectivity index (χ0) is 23.3. The molecule has 1 amide bonds. The molecular formula is C24H24FN3O4S. The number of sulfonamides is 1. The van der Waals surface area contributed by atoms with E-state index in [4.69, 9.17) is 4.74 Å². The van der Waals surface area contributed by atoms with Crippen LogP contribution >= 0.6 is 0 Å². The number of morpholine rings is 1. The van der Waals surface area contributed by atoms with Crippen LogP contribution < -0.4 is 10.0 Å². The van der Waals surface area contributed by atoms with E-state index in [1.54, 1.807) is 0 Å². The Hall–Kier alpha value is -3.27. The molecule has 3 aromatic rings. The number of benzene rings is 3. The van der Waals surface area contributed by atoms with Crippen molar-refractivity contribution in [1.82, 2.24) is 4.90 Å². The van der Waals surface area contributed by atoms with E-state index in [2.05, 4.69) is 14.9 Å². The van der Waals surface area contributed by atoms with Gasteiger partial charge >= 0.3 is 0 Å². The lowest BCUT2D eigenvalue weighted by atomic mass is 10.1. The Labute approximate surface area is 192 Å². The molecular weight excluding hydrogens is 445 g/mol. The van der Waals surface area contributed by atoms with Crippen LogP contribution in [0.5, 0.6) is 0 Å². The van der Waals surface area contributed by atoms with Crippen molar-refractivity contribution >= 4 is 27.3 Å². The summed E-state index contributed by atoms with van der Waals surface area (Å²) in [6, 6.07) is 18.6. The molecule has 0 bridgehead atoms. The Balaban J connectivity index is 1.51. The van der Waals surface area contributed by atoms with Crippen molar-refractivity contribution in [2.75, 3.05) is 36.3 Å². The molecule has 0 aliphatic carbocycles. The van der Waals surface area contributed by atoms with Gasteiger partial charge in [0.15, 0.2) is 0 Å². The molecule has 7 nitrogen and oxygen atoms in total. The number of amides is 1. The second-order valence-corrected chi connectivity index (χ2v) is 9.30. The van der Waals surface area contributed by atoms with Gasteiger partial charge in [0.2, 0.25) is 0 Å². The van der Waals surface area contributed by atoms with Crippen molar-refractivity contribution in [3.8, 4) is 0 Å². The second-order valence-electron chi connectivity index (χ2n) is 7.61. The zero-order valence-electron chi connectivity index (χ0n) is 17.8. The van der Waals surface area contributed by atoms with E-state index in [0.717, 1.165) is 24.7 Å². The van der Waals surface area contributed by atoms with E-state index in [-0.39, 0.29) is 16.1 Å². The number of ether oxygens (including phenoxy) is 1. The third-order valence-corrected chi connectivity index (χ3v) is 6.65. The van der Waals surface area contributed by atoms with Crippen molar-refractivity contribution in [3.05, 3.63) is 89.7 Å². The molecule has 4 rings (SSSR count). The first-order chi connectivity index (χ1) is 15.9. The van der Waals surface area contributed by atoms with E-state index >= 15 is 0 Å². The smallest absolute Gasteiger partial charge is 0.262 e. The molecule has 33 heavy (non-hydrogen) atoms. The van der Waals surface area contributed by atoms with Gasteiger partial charge in [-0.15, -0.1) is 0 Å². The molecule has 1 aliphatic rings. The lowest BCUT2D eigenvalue weighted by Gasteiger charge is -2.27. The predicted octanol–water partition coefficient (Wildman–Crippen LogP) is 3.71. The van der Waals surface area contributed by atoms with Gasteiger partial charge in [0.1, 0.15) is 5.82 Å². The van der Waals surface area contributed by atoms with Gasteiger partial charge in [-0.2, -0.15) is 0 Å². The van der Waals surface area contributed by atoms with Gasteiger partial charge in [-0.1, -0.05) is 36.4 Å². The Morgan fingerprint density at radius 1 is 0.939 bits per heavy atom. The lowest BCUT2D eigenvalue weighted by molar-refractivity contribution is 0.0342. The van der Waals surface area contributed by atoms with E-state index in [1.165, 1.54) is 42.5 Å². The Morgan fingerprint density at radius 2 is 1.64 bits per heavy atom. The average molecular weight is 470 g/mol. The number of nitrogens with zero attached hydrogens (tertiary/aromatic N) is 1. The van der Waals surface area contributed by atoms with Gasteiger partial charge in [0.05, 0.1) is 23.8 Å². The fourth-order valence-electron chi connectivity index (χ4n) is 3.53. The van der Waals surface area contributed by atoms with Crippen LogP contribution in [-0.2, 0) is 21.3 Å². The molecule has 9 heteroatoms. The highest BCUT2D eigenvalue weighted by atomic mass is 32.2. The number of hydrogen-bond acceptors (Lipinski definition) is 5. The molecule has 0 unspecified atom stereocenters. The van der Waals surface area contributed by atoms with Gasteiger partial charge in [-0.05, 0) is 42.0 Å². The molecule has 3 aromatic carbocycles. The molecule has 0 radical (unpaired) electrons. The fraction of sp³-hybridized carbons (Fsp3) is 0.208. The van der Waals surface area contributed by atoms with E-state index < -0.39 is 21.7 Å². The summed E-state index contributed by atoms with van der Waals surface area (Å²) in [7, 11) is -4.08. The molecule has 0 saturated carbocycles. The fourth-order valence-corrected chi connectivity index (χ4v) is 4.64. The molecule has 1 saturated heterocycles. The maximum absolute atomic E-state index is 13.9. The molecule has 0 spiro atoms. The number of hydrogen-bond donors (Lipinski definition) is 2. The number of rotatable bonds is 7. The van der Waals surface area contributed by atoms with Crippen molar-refractivity contribution in [3.63, 3.8) is 0 Å². The van der Waals surface area contributed by atoms with Gasteiger partial charge in [0, 0.05) is 30.9 Å². The van der Waals surface area contributed by atoms with Crippen molar-refractivity contribution in [2.45, 2.75) is 11.4 Å². The van der Waals surface area contributed by atoms with Crippen molar-refractivity contribution < 1.29 is 22.3 Å². The van der Waals surface area contributed by atoms with Crippen LogP contribution in [-0.4, -0.2) is 45.5 Å². The van der Waals surface area contributed by atoms with Gasteiger partial charge < -0.3 is 10.1 Å². The minimum Gasteiger partial charge on any atom is -0.379 e. The Kier molecular flexibility index (Phi) is 7.02. The van der Waals surface area contributed by atoms with E-state index in [1.807, 2.05) is 24.3 Å².